The molecule has 3 aromatic rings. The molecule has 0 saturated heterocycles. The van der Waals surface area contributed by atoms with Crippen LogP contribution < -0.4 is 0 Å². The number of nitrogens with zero attached hydrogens (tertiary/aromatic N) is 2. The summed E-state index contributed by atoms with van der Waals surface area (Å²) in [7, 11) is 0. The van der Waals surface area contributed by atoms with Crippen molar-refractivity contribution in [3.8, 4) is 11.7 Å². The first-order valence-electron chi connectivity index (χ1n) is 4.19. The van der Waals surface area contributed by atoms with Crippen molar-refractivity contribution in [2.45, 2.75) is 0 Å². The molecule has 0 aliphatic rings. The van der Waals surface area contributed by atoms with Gasteiger partial charge in [-0.3, -0.25) is 0 Å². The smallest absolute Gasteiger partial charge is 0.265 e. The average Bonchev–Trinajstić information content (AvgIpc) is 2.86. The highest BCUT2D eigenvalue weighted by Crippen LogP contribution is 2.22. The number of pyridine rings is 1. The van der Waals surface area contributed by atoms with E-state index in [0.29, 0.717) is 22.9 Å². The fourth-order valence-corrected chi connectivity index (χ4v) is 1.27. The maximum Gasteiger partial charge on any atom is 0.265 e. The van der Waals surface area contributed by atoms with Crippen molar-refractivity contribution in [1.82, 2.24) is 9.97 Å². The van der Waals surface area contributed by atoms with Crippen molar-refractivity contribution < 1.29 is 8.83 Å². The normalized spacial score (nSPS) is 10.9. The molecule has 0 bridgehead atoms. The lowest BCUT2D eigenvalue weighted by Gasteiger charge is -1.83. The zero-order chi connectivity index (χ0) is 9.38. The lowest BCUT2D eigenvalue weighted by Crippen LogP contribution is -1.73. The molecule has 0 atom stereocenters. The predicted molar refractivity (Wildman–Crippen MR) is 49.5 cm³/mol. The summed E-state index contributed by atoms with van der Waals surface area (Å²) in [6.07, 6.45) is 3.26. The van der Waals surface area contributed by atoms with E-state index in [2.05, 4.69) is 9.97 Å². The highest BCUT2D eigenvalue weighted by Gasteiger charge is 2.09. The molecule has 0 N–H and O–H groups in total. The molecule has 3 rings (SSSR count). The van der Waals surface area contributed by atoms with Gasteiger partial charge in [-0.1, -0.05) is 0 Å². The minimum absolute atomic E-state index is 0.462. The van der Waals surface area contributed by atoms with Crippen molar-refractivity contribution in [3.63, 3.8) is 0 Å². The molecule has 4 heteroatoms. The van der Waals surface area contributed by atoms with Crippen molar-refractivity contribution in [3.05, 3.63) is 36.7 Å². The molecule has 0 radical (unpaired) electrons. The summed E-state index contributed by atoms with van der Waals surface area (Å²) < 4.78 is 10.6. The summed E-state index contributed by atoms with van der Waals surface area (Å²) in [5, 5.41) is 0. The Bertz CT molecular complexity index is 521. The number of furan rings is 1. The first kappa shape index (κ1) is 7.32. The number of hydrogen-bond acceptors (Lipinski definition) is 4. The van der Waals surface area contributed by atoms with Crippen LogP contribution in [0.1, 0.15) is 0 Å². The first-order chi connectivity index (χ1) is 6.93. The van der Waals surface area contributed by atoms with Gasteiger partial charge in [-0.15, -0.1) is 0 Å². The van der Waals surface area contributed by atoms with E-state index in [4.69, 9.17) is 8.83 Å². The highest BCUT2D eigenvalue weighted by molar-refractivity contribution is 5.70. The van der Waals surface area contributed by atoms with E-state index in [1.54, 1.807) is 30.7 Å². The van der Waals surface area contributed by atoms with Crippen LogP contribution >= 0.6 is 0 Å². The molecule has 68 valence electrons. The molecule has 0 aliphatic carbocycles. The van der Waals surface area contributed by atoms with E-state index in [0.717, 1.165) is 0 Å². The third kappa shape index (κ3) is 1.01. The molecule has 0 aliphatic heterocycles. The lowest BCUT2D eigenvalue weighted by atomic mass is 10.4. The summed E-state index contributed by atoms with van der Waals surface area (Å²) in [5.74, 6) is 1.08. The lowest BCUT2D eigenvalue weighted by molar-refractivity contribution is 0.535. The van der Waals surface area contributed by atoms with E-state index in [9.17, 15) is 0 Å². The Kier molecular flexibility index (Phi) is 1.41. The second-order valence-electron chi connectivity index (χ2n) is 2.82. The molecule has 0 saturated carbocycles. The van der Waals surface area contributed by atoms with Gasteiger partial charge in [-0.25, -0.2) is 4.98 Å². The number of fused-ring (bicyclic) bond motifs is 1. The van der Waals surface area contributed by atoms with Crippen LogP contribution in [-0.4, -0.2) is 9.97 Å². The molecule has 0 amide bonds. The van der Waals surface area contributed by atoms with Crippen molar-refractivity contribution >= 4 is 11.2 Å². The monoisotopic (exact) mass is 186 g/mol. The zero-order valence-electron chi connectivity index (χ0n) is 7.18. The van der Waals surface area contributed by atoms with Crippen LogP contribution in [0.4, 0.5) is 0 Å². The maximum absolute atomic E-state index is 5.45. The molecular weight excluding hydrogens is 180 g/mol. The summed E-state index contributed by atoms with van der Waals surface area (Å²) in [6.45, 7) is 0. The minimum Gasteiger partial charge on any atom is -0.459 e. The van der Waals surface area contributed by atoms with Gasteiger partial charge in [0.15, 0.2) is 17.0 Å². The van der Waals surface area contributed by atoms with Crippen LogP contribution in [0.5, 0.6) is 0 Å². The van der Waals surface area contributed by atoms with E-state index in [1.807, 2.05) is 6.07 Å². The van der Waals surface area contributed by atoms with Crippen LogP contribution in [0.15, 0.2) is 45.6 Å². The summed E-state index contributed by atoms with van der Waals surface area (Å²) in [6, 6.07) is 7.21. The number of hydrogen-bond donors (Lipinski definition) is 0. The molecule has 3 heterocycles. The topological polar surface area (TPSA) is 52.1 Å². The molecule has 14 heavy (non-hydrogen) atoms. The van der Waals surface area contributed by atoms with Crippen LogP contribution in [0, 0.1) is 0 Å². The van der Waals surface area contributed by atoms with Crippen LogP contribution in [0.25, 0.3) is 22.9 Å². The molecule has 0 spiro atoms. The fourth-order valence-electron chi connectivity index (χ4n) is 1.27. The molecule has 4 nitrogen and oxygen atoms in total. The van der Waals surface area contributed by atoms with Crippen molar-refractivity contribution in [2.24, 2.45) is 0 Å². The molecule has 0 unspecified atom stereocenters. The van der Waals surface area contributed by atoms with Crippen LogP contribution in [0.2, 0.25) is 0 Å². The average molecular weight is 186 g/mol. The summed E-state index contributed by atoms with van der Waals surface area (Å²) in [5.41, 5.74) is 1.26. The third-order valence-electron chi connectivity index (χ3n) is 1.90. The van der Waals surface area contributed by atoms with E-state index in [-0.39, 0.29) is 0 Å². The Balaban J connectivity index is 2.24. The Hall–Kier alpha value is -2.10. The maximum atomic E-state index is 5.45. The quantitative estimate of drug-likeness (QED) is 0.585. The van der Waals surface area contributed by atoms with E-state index >= 15 is 0 Å². The van der Waals surface area contributed by atoms with Gasteiger partial charge in [-0.2, -0.15) is 4.98 Å². The number of rotatable bonds is 1. The second-order valence-corrected chi connectivity index (χ2v) is 2.82. The number of oxazole rings is 1. The van der Waals surface area contributed by atoms with Gasteiger partial charge in [0, 0.05) is 6.20 Å². The second kappa shape index (κ2) is 2.70. The first-order valence-corrected chi connectivity index (χ1v) is 4.19. The summed E-state index contributed by atoms with van der Waals surface area (Å²) >= 11 is 0. The van der Waals surface area contributed by atoms with E-state index in [1.165, 1.54) is 0 Å². The predicted octanol–water partition coefficient (Wildman–Crippen LogP) is 2.48. The Labute approximate surface area is 79.2 Å². The van der Waals surface area contributed by atoms with Gasteiger partial charge >= 0.3 is 0 Å². The van der Waals surface area contributed by atoms with Gasteiger partial charge in [0.2, 0.25) is 0 Å². The third-order valence-corrected chi connectivity index (χ3v) is 1.90. The highest BCUT2D eigenvalue weighted by atomic mass is 16.4. The summed E-state index contributed by atoms with van der Waals surface area (Å²) in [4.78, 5) is 8.25. The molecule has 0 aromatic carbocycles. The number of aromatic nitrogens is 2. The zero-order valence-corrected chi connectivity index (χ0v) is 7.18. The molecule has 3 aromatic heterocycles. The van der Waals surface area contributed by atoms with Gasteiger partial charge in [0.05, 0.1) is 6.26 Å². The Morgan fingerprint density at radius 3 is 2.93 bits per heavy atom. The standard InChI is InChI=1S/C10H6N2O2/c1-3-7-9(11-5-1)12-10(14-7)8-4-2-6-13-8/h1-6H. The van der Waals surface area contributed by atoms with Crippen molar-refractivity contribution in [1.29, 1.82) is 0 Å². The van der Waals surface area contributed by atoms with Gasteiger partial charge in [0.25, 0.3) is 5.89 Å². The van der Waals surface area contributed by atoms with Crippen LogP contribution in [-0.2, 0) is 0 Å². The largest absolute Gasteiger partial charge is 0.459 e. The minimum atomic E-state index is 0.462. The Morgan fingerprint density at radius 2 is 2.14 bits per heavy atom. The fraction of sp³-hybridized carbons (Fsp3) is 0. The van der Waals surface area contributed by atoms with Gasteiger partial charge < -0.3 is 8.83 Å². The molecular formula is C10H6N2O2. The van der Waals surface area contributed by atoms with Gasteiger partial charge in [0.1, 0.15) is 0 Å². The van der Waals surface area contributed by atoms with Crippen molar-refractivity contribution in [2.75, 3.05) is 0 Å². The molecule has 0 fully saturated rings. The van der Waals surface area contributed by atoms with Gasteiger partial charge in [-0.05, 0) is 24.3 Å². The Morgan fingerprint density at radius 1 is 1.14 bits per heavy atom. The van der Waals surface area contributed by atoms with E-state index < -0.39 is 0 Å². The SMILES string of the molecule is c1coc(-c2nc3ncccc3o2)c1. The van der Waals surface area contributed by atoms with Crippen LogP contribution in [0.3, 0.4) is 0 Å².